The molecule has 0 bridgehead atoms. The highest BCUT2D eigenvalue weighted by atomic mass is 16.3. The summed E-state index contributed by atoms with van der Waals surface area (Å²) < 4.78 is 0. The molecular formula is C20H16N4O. The van der Waals surface area contributed by atoms with Gasteiger partial charge < -0.3 is 16.0 Å². The maximum Gasteiger partial charge on any atom is 0.110 e. The lowest BCUT2D eigenvalue weighted by molar-refractivity contribution is 1.43. The predicted molar refractivity (Wildman–Crippen MR) is 103 cm³/mol. The second kappa shape index (κ2) is 6.13. The van der Waals surface area contributed by atoms with Crippen LogP contribution in [0.5, 0.6) is 0 Å². The maximum atomic E-state index is 10.8. The van der Waals surface area contributed by atoms with Gasteiger partial charge in [0.1, 0.15) is 5.69 Å². The normalized spacial score (nSPS) is 10.7. The summed E-state index contributed by atoms with van der Waals surface area (Å²) in [6, 6.07) is 23.0. The lowest BCUT2D eigenvalue weighted by atomic mass is 10.1. The van der Waals surface area contributed by atoms with E-state index >= 15 is 0 Å². The number of benzene rings is 3. The lowest BCUT2D eigenvalue weighted by Gasteiger charge is -2.09. The summed E-state index contributed by atoms with van der Waals surface area (Å²) in [5.74, 6) is 0. The Morgan fingerprint density at radius 1 is 0.920 bits per heavy atom. The molecule has 0 saturated carbocycles. The SMILES string of the molecule is Nc1ccc(Nc2c(-c3ccccc3)[nH]c3cc(N=O)ccc23)cc1. The molecule has 25 heavy (non-hydrogen) atoms. The molecular weight excluding hydrogens is 312 g/mol. The molecule has 4 aromatic rings. The standard InChI is InChI=1S/C20H16N4O/c21-14-6-8-15(9-7-14)22-20-17-11-10-16(24-25)12-18(17)23-19(20)13-4-2-1-3-5-13/h1-12,22-23H,21H2. The van der Waals surface area contributed by atoms with Crippen LogP contribution in [-0.2, 0) is 0 Å². The van der Waals surface area contributed by atoms with Crippen LogP contribution in [0.2, 0.25) is 0 Å². The number of nitrogens with two attached hydrogens (primary N) is 1. The number of H-pyrrole nitrogens is 1. The van der Waals surface area contributed by atoms with Crippen molar-refractivity contribution < 1.29 is 0 Å². The van der Waals surface area contributed by atoms with E-state index in [-0.39, 0.29) is 0 Å². The summed E-state index contributed by atoms with van der Waals surface area (Å²) in [6.07, 6.45) is 0. The second-order valence-electron chi connectivity index (χ2n) is 5.81. The van der Waals surface area contributed by atoms with Crippen LogP contribution in [0.4, 0.5) is 22.7 Å². The van der Waals surface area contributed by atoms with Gasteiger partial charge in [-0.05, 0) is 47.6 Å². The van der Waals surface area contributed by atoms with E-state index in [9.17, 15) is 4.91 Å². The van der Waals surface area contributed by atoms with Crippen LogP contribution in [0.1, 0.15) is 0 Å². The van der Waals surface area contributed by atoms with E-state index in [0.29, 0.717) is 5.69 Å². The summed E-state index contributed by atoms with van der Waals surface area (Å²) in [7, 11) is 0. The summed E-state index contributed by atoms with van der Waals surface area (Å²) in [5.41, 5.74) is 11.6. The summed E-state index contributed by atoms with van der Waals surface area (Å²) in [6.45, 7) is 0. The zero-order chi connectivity index (χ0) is 17.2. The first-order chi connectivity index (χ1) is 12.2. The molecule has 0 saturated heterocycles. The zero-order valence-electron chi connectivity index (χ0n) is 13.4. The van der Waals surface area contributed by atoms with Crippen molar-refractivity contribution in [1.82, 2.24) is 4.98 Å². The number of anilines is 3. The van der Waals surface area contributed by atoms with E-state index in [0.717, 1.165) is 39.2 Å². The highest BCUT2D eigenvalue weighted by molar-refractivity contribution is 6.03. The first-order valence-electron chi connectivity index (χ1n) is 7.91. The fraction of sp³-hybridized carbons (Fsp3) is 0. The van der Waals surface area contributed by atoms with Crippen LogP contribution in [-0.4, -0.2) is 4.98 Å². The summed E-state index contributed by atoms with van der Waals surface area (Å²) >= 11 is 0. The van der Waals surface area contributed by atoms with Gasteiger partial charge in [-0.2, -0.15) is 0 Å². The number of nitrogens with zero attached hydrogens (tertiary/aromatic N) is 1. The Morgan fingerprint density at radius 2 is 1.68 bits per heavy atom. The van der Waals surface area contributed by atoms with Gasteiger partial charge in [-0.3, -0.25) is 0 Å². The molecule has 1 aromatic heterocycles. The van der Waals surface area contributed by atoms with Crippen LogP contribution in [0.3, 0.4) is 0 Å². The minimum Gasteiger partial charge on any atom is -0.399 e. The molecule has 0 spiro atoms. The molecule has 5 nitrogen and oxygen atoms in total. The monoisotopic (exact) mass is 328 g/mol. The molecule has 5 heteroatoms. The number of fused-ring (bicyclic) bond motifs is 1. The Labute approximate surface area is 144 Å². The van der Waals surface area contributed by atoms with Crippen molar-refractivity contribution in [1.29, 1.82) is 0 Å². The third-order valence-corrected chi connectivity index (χ3v) is 4.13. The van der Waals surface area contributed by atoms with Gasteiger partial charge in [0, 0.05) is 22.3 Å². The smallest absolute Gasteiger partial charge is 0.110 e. The van der Waals surface area contributed by atoms with Gasteiger partial charge in [0.05, 0.1) is 16.9 Å². The Hall–Kier alpha value is -3.60. The Morgan fingerprint density at radius 3 is 2.40 bits per heavy atom. The molecule has 4 rings (SSSR count). The van der Waals surface area contributed by atoms with Crippen LogP contribution < -0.4 is 11.1 Å². The first kappa shape index (κ1) is 15.0. The average Bonchev–Trinajstić information content (AvgIpc) is 3.02. The van der Waals surface area contributed by atoms with E-state index in [1.807, 2.05) is 60.7 Å². The minimum atomic E-state index is 0.396. The third kappa shape index (κ3) is 2.83. The van der Waals surface area contributed by atoms with Crippen molar-refractivity contribution in [3.05, 3.63) is 77.7 Å². The molecule has 122 valence electrons. The third-order valence-electron chi connectivity index (χ3n) is 4.13. The number of aromatic amines is 1. The molecule has 0 aliphatic carbocycles. The van der Waals surface area contributed by atoms with Crippen molar-refractivity contribution in [2.24, 2.45) is 5.18 Å². The van der Waals surface area contributed by atoms with Crippen LogP contribution in [0.15, 0.2) is 78.0 Å². The fourth-order valence-corrected chi connectivity index (χ4v) is 2.90. The topological polar surface area (TPSA) is 83.3 Å². The molecule has 0 aliphatic rings. The zero-order valence-corrected chi connectivity index (χ0v) is 13.4. The van der Waals surface area contributed by atoms with Gasteiger partial charge >= 0.3 is 0 Å². The Kier molecular flexibility index (Phi) is 3.67. The van der Waals surface area contributed by atoms with Gasteiger partial charge in [0.15, 0.2) is 0 Å². The van der Waals surface area contributed by atoms with Gasteiger partial charge in [-0.15, -0.1) is 4.91 Å². The number of nitrogen functional groups attached to an aromatic ring is 1. The molecule has 3 aromatic carbocycles. The number of rotatable bonds is 4. The van der Waals surface area contributed by atoms with Crippen LogP contribution >= 0.6 is 0 Å². The van der Waals surface area contributed by atoms with Gasteiger partial charge in [-0.1, -0.05) is 30.3 Å². The van der Waals surface area contributed by atoms with Crippen molar-refractivity contribution in [2.45, 2.75) is 0 Å². The number of nitrogens with one attached hydrogen (secondary N) is 2. The van der Waals surface area contributed by atoms with Crippen molar-refractivity contribution >= 4 is 33.7 Å². The predicted octanol–water partition coefficient (Wildman–Crippen LogP) is 5.56. The number of aromatic nitrogens is 1. The fourth-order valence-electron chi connectivity index (χ4n) is 2.90. The average molecular weight is 328 g/mol. The molecule has 0 amide bonds. The van der Waals surface area contributed by atoms with Crippen molar-refractivity contribution in [3.8, 4) is 11.3 Å². The van der Waals surface area contributed by atoms with E-state index in [1.54, 1.807) is 12.1 Å². The lowest BCUT2D eigenvalue weighted by Crippen LogP contribution is -1.92. The molecule has 4 N–H and O–H groups in total. The Balaban J connectivity index is 1.89. The number of hydrogen-bond donors (Lipinski definition) is 3. The quantitative estimate of drug-likeness (QED) is 0.339. The molecule has 0 radical (unpaired) electrons. The summed E-state index contributed by atoms with van der Waals surface area (Å²) in [4.78, 5) is 14.2. The molecule has 0 aliphatic heterocycles. The van der Waals surface area contributed by atoms with Crippen molar-refractivity contribution in [3.63, 3.8) is 0 Å². The van der Waals surface area contributed by atoms with Crippen LogP contribution in [0.25, 0.3) is 22.2 Å². The van der Waals surface area contributed by atoms with Crippen molar-refractivity contribution in [2.75, 3.05) is 11.1 Å². The maximum absolute atomic E-state index is 10.8. The highest BCUT2D eigenvalue weighted by Gasteiger charge is 2.14. The van der Waals surface area contributed by atoms with Crippen LogP contribution in [0, 0.1) is 4.91 Å². The van der Waals surface area contributed by atoms with Gasteiger partial charge in [0.2, 0.25) is 0 Å². The minimum absolute atomic E-state index is 0.396. The second-order valence-corrected chi connectivity index (χ2v) is 5.81. The molecule has 0 unspecified atom stereocenters. The van der Waals surface area contributed by atoms with Gasteiger partial charge in [-0.25, -0.2) is 0 Å². The van der Waals surface area contributed by atoms with E-state index in [4.69, 9.17) is 5.73 Å². The molecule has 1 heterocycles. The van der Waals surface area contributed by atoms with E-state index < -0.39 is 0 Å². The highest BCUT2D eigenvalue weighted by Crippen LogP contribution is 2.38. The Bertz CT molecular complexity index is 1040. The number of nitroso groups, excluding NO2 is 1. The van der Waals surface area contributed by atoms with E-state index in [1.165, 1.54) is 0 Å². The largest absolute Gasteiger partial charge is 0.399 e. The van der Waals surface area contributed by atoms with E-state index in [2.05, 4.69) is 15.5 Å². The summed E-state index contributed by atoms with van der Waals surface area (Å²) in [5, 5.41) is 7.47. The molecule has 0 atom stereocenters. The number of hydrogen-bond acceptors (Lipinski definition) is 4. The van der Waals surface area contributed by atoms with Gasteiger partial charge in [0.25, 0.3) is 0 Å². The first-order valence-corrected chi connectivity index (χ1v) is 7.91. The molecule has 0 fully saturated rings.